The number of hydrogen-bond donors (Lipinski definition) is 5. The van der Waals surface area contributed by atoms with Gasteiger partial charge in [0.25, 0.3) is 0 Å². The van der Waals surface area contributed by atoms with Gasteiger partial charge in [0.05, 0.1) is 20.1 Å². The summed E-state index contributed by atoms with van der Waals surface area (Å²) in [5.41, 5.74) is 0.841. The molecule has 2 heterocycles. The second-order valence-corrected chi connectivity index (χ2v) is 7.59. The van der Waals surface area contributed by atoms with Crippen LogP contribution in [0.25, 0.3) is 0 Å². The number of hydrogen-bond acceptors (Lipinski definition) is 10. The normalized spacial score (nSPS) is 29.7. The van der Waals surface area contributed by atoms with E-state index in [-0.39, 0.29) is 35.0 Å². The van der Waals surface area contributed by atoms with E-state index >= 15 is 0 Å². The second-order valence-electron chi connectivity index (χ2n) is 7.59. The molecule has 0 aromatic heterocycles. The van der Waals surface area contributed by atoms with Crippen molar-refractivity contribution in [2.75, 3.05) is 13.7 Å². The molecular weight excluding hydrogens is 424 g/mol. The molecule has 1 saturated heterocycles. The van der Waals surface area contributed by atoms with Crippen molar-refractivity contribution in [3.63, 3.8) is 0 Å². The number of ether oxygens (including phenoxy) is 4. The van der Waals surface area contributed by atoms with Gasteiger partial charge < -0.3 is 44.5 Å². The van der Waals surface area contributed by atoms with Gasteiger partial charge in [0, 0.05) is 6.07 Å². The van der Waals surface area contributed by atoms with Gasteiger partial charge in [-0.05, 0) is 5.56 Å². The van der Waals surface area contributed by atoms with Gasteiger partial charge in [0.1, 0.15) is 41.8 Å². The van der Waals surface area contributed by atoms with Gasteiger partial charge in [0.2, 0.25) is 12.0 Å². The third-order valence-electron chi connectivity index (χ3n) is 5.57. The molecule has 6 atom stereocenters. The fourth-order valence-electron chi connectivity index (χ4n) is 3.86. The highest BCUT2D eigenvalue weighted by Gasteiger charge is 2.45. The summed E-state index contributed by atoms with van der Waals surface area (Å²) in [5, 5.41) is 50.1. The van der Waals surface area contributed by atoms with Gasteiger partial charge in [-0.15, -0.1) is 0 Å². The number of carbonyl (C=O) groups is 1. The first-order valence-electron chi connectivity index (χ1n) is 10.0. The van der Waals surface area contributed by atoms with E-state index in [0.717, 1.165) is 5.56 Å². The maximum absolute atomic E-state index is 12.9. The van der Waals surface area contributed by atoms with Gasteiger partial charge in [-0.2, -0.15) is 0 Å². The van der Waals surface area contributed by atoms with E-state index < -0.39 is 49.2 Å². The van der Waals surface area contributed by atoms with Crippen molar-refractivity contribution in [1.29, 1.82) is 0 Å². The standard InChI is InChI=1S/C22H24O10/c1-29-21-16-11(24)7-12(10-5-3-2-4-6-10)30-13(16)8-14(18(21)26)31-22-20(28)19(27)17(25)15(9-23)32-22/h2-6,8,12,15,17,19-20,22-23,25-28H,7,9H2,1H3. The lowest BCUT2D eigenvalue weighted by atomic mass is 9.95. The Morgan fingerprint density at radius 2 is 1.81 bits per heavy atom. The zero-order valence-electron chi connectivity index (χ0n) is 17.1. The van der Waals surface area contributed by atoms with Crippen LogP contribution in [0.15, 0.2) is 36.4 Å². The van der Waals surface area contributed by atoms with E-state index in [1.807, 2.05) is 30.3 Å². The van der Waals surface area contributed by atoms with Crippen LogP contribution in [0.2, 0.25) is 0 Å². The number of phenols is 1. The van der Waals surface area contributed by atoms with Crippen LogP contribution in [0.4, 0.5) is 0 Å². The molecule has 2 aromatic rings. The summed E-state index contributed by atoms with van der Waals surface area (Å²) in [5.74, 6) is -1.14. The predicted molar refractivity (Wildman–Crippen MR) is 108 cm³/mol. The zero-order chi connectivity index (χ0) is 23.0. The Bertz CT molecular complexity index is 976. The molecule has 2 aromatic carbocycles. The minimum absolute atomic E-state index is 0.0414. The maximum Gasteiger partial charge on any atom is 0.229 e. The van der Waals surface area contributed by atoms with Crippen LogP contribution in [-0.2, 0) is 4.74 Å². The summed E-state index contributed by atoms with van der Waals surface area (Å²) >= 11 is 0. The first-order valence-corrected chi connectivity index (χ1v) is 10.0. The number of carbonyl (C=O) groups excluding carboxylic acids is 1. The Hall–Kier alpha value is -2.89. The van der Waals surface area contributed by atoms with Crippen LogP contribution in [0, 0.1) is 0 Å². The van der Waals surface area contributed by atoms with E-state index in [4.69, 9.17) is 18.9 Å². The molecule has 10 heteroatoms. The van der Waals surface area contributed by atoms with Gasteiger partial charge in [-0.1, -0.05) is 30.3 Å². The number of methoxy groups -OCH3 is 1. The number of rotatable bonds is 5. The Morgan fingerprint density at radius 1 is 1.09 bits per heavy atom. The molecular formula is C22H24O10. The molecule has 0 spiro atoms. The predicted octanol–water partition coefficient (Wildman–Crippen LogP) is 0.286. The summed E-state index contributed by atoms with van der Waals surface area (Å²) in [6.45, 7) is -0.638. The van der Waals surface area contributed by atoms with Crippen molar-refractivity contribution in [1.82, 2.24) is 0 Å². The highest BCUT2D eigenvalue weighted by molar-refractivity contribution is 6.03. The zero-order valence-corrected chi connectivity index (χ0v) is 17.1. The molecule has 4 rings (SSSR count). The molecule has 0 aliphatic carbocycles. The third kappa shape index (κ3) is 3.87. The molecule has 0 saturated carbocycles. The van der Waals surface area contributed by atoms with E-state index in [2.05, 4.69) is 0 Å². The van der Waals surface area contributed by atoms with Crippen molar-refractivity contribution in [2.45, 2.75) is 43.2 Å². The van der Waals surface area contributed by atoms with Crippen LogP contribution < -0.4 is 14.2 Å². The molecule has 6 unspecified atom stereocenters. The fourth-order valence-corrected chi connectivity index (χ4v) is 3.86. The lowest BCUT2D eigenvalue weighted by molar-refractivity contribution is -0.277. The van der Waals surface area contributed by atoms with Crippen LogP contribution in [0.3, 0.4) is 0 Å². The Balaban J connectivity index is 1.68. The molecule has 32 heavy (non-hydrogen) atoms. The van der Waals surface area contributed by atoms with Gasteiger partial charge in [-0.3, -0.25) is 4.79 Å². The van der Waals surface area contributed by atoms with Crippen LogP contribution in [-0.4, -0.2) is 75.7 Å². The molecule has 172 valence electrons. The molecule has 0 amide bonds. The summed E-state index contributed by atoms with van der Waals surface area (Å²) in [6, 6.07) is 10.4. The van der Waals surface area contributed by atoms with Crippen LogP contribution in [0.5, 0.6) is 23.0 Å². The number of fused-ring (bicyclic) bond motifs is 1. The minimum atomic E-state index is -1.69. The summed E-state index contributed by atoms with van der Waals surface area (Å²) < 4.78 is 22.1. The average molecular weight is 448 g/mol. The van der Waals surface area contributed by atoms with E-state index in [9.17, 15) is 30.3 Å². The maximum atomic E-state index is 12.9. The summed E-state index contributed by atoms with van der Waals surface area (Å²) in [7, 11) is 1.27. The third-order valence-corrected chi connectivity index (χ3v) is 5.57. The first kappa shape index (κ1) is 22.3. The first-order chi connectivity index (χ1) is 15.3. The SMILES string of the molecule is COc1c(O)c(OC2OC(CO)C(O)C(O)C2O)cc2c1C(=O)CC(c1ccccc1)O2. The van der Waals surface area contributed by atoms with Crippen molar-refractivity contribution in [3.05, 3.63) is 47.5 Å². The molecule has 5 N–H and O–H groups in total. The van der Waals surface area contributed by atoms with E-state index in [1.165, 1.54) is 13.2 Å². The lowest BCUT2D eigenvalue weighted by Gasteiger charge is -2.39. The molecule has 0 bridgehead atoms. The Labute approximate surface area is 183 Å². The lowest BCUT2D eigenvalue weighted by Crippen LogP contribution is -2.60. The molecule has 0 radical (unpaired) electrons. The highest BCUT2D eigenvalue weighted by Crippen LogP contribution is 2.49. The van der Waals surface area contributed by atoms with Crippen molar-refractivity contribution in [3.8, 4) is 23.0 Å². The molecule has 10 nitrogen and oxygen atoms in total. The Morgan fingerprint density at radius 3 is 2.47 bits per heavy atom. The van der Waals surface area contributed by atoms with E-state index in [0.29, 0.717) is 0 Å². The van der Waals surface area contributed by atoms with Crippen molar-refractivity contribution in [2.24, 2.45) is 0 Å². The largest absolute Gasteiger partial charge is 0.502 e. The monoisotopic (exact) mass is 448 g/mol. The fraction of sp³-hybridized carbons (Fsp3) is 0.409. The van der Waals surface area contributed by atoms with Crippen molar-refractivity contribution >= 4 is 5.78 Å². The number of phenolic OH excluding ortho intramolecular Hbond substituents is 1. The number of Topliss-reactive ketones (excluding diaryl/α,β-unsaturated/α-hetero) is 1. The number of aliphatic hydroxyl groups excluding tert-OH is 4. The molecule has 2 aliphatic rings. The second kappa shape index (κ2) is 8.93. The highest BCUT2D eigenvalue weighted by atomic mass is 16.7. The topological polar surface area (TPSA) is 155 Å². The Kier molecular flexibility index (Phi) is 6.22. The summed E-state index contributed by atoms with van der Waals surface area (Å²) in [6.07, 6.45) is -8.16. The molecule has 2 aliphatic heterocycles. The van der Waals surface area contributed by atoms with Gasteiger partial charge in [0.15, 0.2) is 17.3 Å². The van der Waals surface area contributed by atoms with Gasteiger partial charge in [-0.25, -0.2) is 0 Å². The van der Waals surface area contributed by atoms with Crippen LogP contribution in [0.1, 0.15) is 28.4 Å². The van der Waals surface area contributed by atoms with Crippen molar-refractivity contribution < 1.29 is 49.3 Å². The van der Waals surface area contributed by atoms with Gasteiger partial charge >= 0.3 is 0 Å². The van der Waals surface area contributed by atoms with E-state index in [1.54, 1.807) is 0 Å². The average Bonchev–Trinajstić information content (AvgIpc) is 2.80. The van der Waals surface area contributed by atoms with Crippen LogP contribution >= 0.6 is 0 Å². The minimum Gasteiger partial charge on any atom is -0.502 e. The summed E-state index contributed by atoms with van der Waals surface area (Å²) in [4.78, 5) is 12.9. The quantitative estimate of drug-likeness (QED) is 0.431. The smallest absolute Gasteiger partial charge is 0.229 e. The molecule has 1 fully saturated rings. The number of aromatic hydroxyl groups is 1. The number of benzene rings is 2. The number of aliphatic hydroxyl groups is 4. The number of ketones is 1.